The molecule has 3 heterocycles. The highest BCUT2D eigenvalue weighted by atomic mass is 32.2. The van der Waals surface area contributed by atoms with Gasteiger partial charge in [0.1, 0.15) is 11.8 Å². The third kappa shape index (κ3) is 6.71. The molecule has 1 unspecified atom stereocenters. The Bertz CT molecular complexity index is 2160. The van der Waals surface area contributed by atoms with Crippen molar-refractivity contribution in [1.82, 2.24) is 29.9 Å². The largest absolute Gasteiger partial charge is 0.468 e. The van der Waals surface area contributed by atoms with Gasteiger partial charge in [0.05, 0.1) is 29.6 Å². The number of aromatic amines is 1. The number of carbonyl (C=O) groups excluding carboxylic acids is 2. The van der Waals surface area contributed by atoms with Gasteiger partial charge in [-0.2, -0.15) is 9.55 Å². The molecule has 0 aliphatic heterocycles. The zero-order valence-electron chi connectivity index (χ0n) is 25.7. The van der Waals surface area contributed by atoms with E-state index in [2.05, 4.69) is 20.4 Å². The summed E-state index contributed by atoms with van der Waals surface area (Å²) in [5.41, 5.74) is 3.00. The first-order valence-corrected chi connectivity index (χ1v) is 17.0. The van der Waals surface area contributed by atoms with Crippen molar-refractivity contribution in [1.29, 1.82) is 0 Å². The van der Waals surface area contributed by atoms with Crippen molar-refractivity contribution in [3.05, 3.63) is 114 Å². The van der Waals surface area contributed by atoms with Crippen LogP contribution in [0.15, 0.2) is 107 Å². The van der Waals surface area contributed by atoms with E-state index in [4.69, 9.17) is 14.4 Å². The van der Waals surface area contributed by atoms with E-state index in [0.29, 0.717) is 39.0 Å². The number of nitrogens with zero attached hydrogens (tertiary/aromatic N) is 3. The quantitative estimate of drug-likeness (QED) is 0.101. The monoisotopic (exact) mass is 666 g/mol. The summed E-state index contributed by atoms with van der Waals surface area (Å²) in [5.74, 6) is -0.502. The number of benzene rings is 3. The van der Waals surface area contributed by atoms with E-state index in [1.807, 2.05) is 66.7 Å². The first-order valence-electron chi connectivity index (χ1n) is 14.6. The average Bonchev–Trinajstić information content (AvgIpc) is 3.73. The Morgan fingerprint density at radius 2 is 1.83 bits per heavy atom. The van der Waals surface area contributed by atoms with Gasteiger partial charge in [0.25, 0.3) is 5.91 Å². The number of esters is 1. The second-order valence-corrected chi connectivity index (χ2v) is 13.4. The number of carbonyl (C=O) groups is 2. The number of ether oxygens (including phenoxy) is 1. The topological polar surface area (TPSA) is 140 Å². The zero-order chi connectivity index (χ0) is 33.0. The van der Waals surface area contributed by atoms with E-state index in [-0.39, 0.29) is 5.91 Å². The number of amides is 1. The van der Waals surface area contributed by atoms with Crippen LogP contribution in [0.3, 0.4) is 0 Å². The number of H-pyrrole nitrogens is 1. The van der Waals surface area contributed by atoms with Gasteiger partial charge in [-0.05, 0) is 79.7 Å². The maximum Gasteiger partial charge on any atom is 0.440 e. The van der Waals surface area contributed by atoms with Gasteiger partial charge in [-0.1, -0.05) is 36.0 Å². The molecule has 3 aromatic heterocycles. The summed E-state index contributed by atoms with van der Waals surface area (Å²) in [6, 6.07) is 24.7. The lowest BCUT2D eigenvalue weighted by Crippen LogP contribution is -2.36. The van der Waals surface area contributed by atoms with Crippen LogP contribution in [0, 0.1) is 0 Å². The Morgan fingerprint density at radius 1 is 1.00 bits per heavy atom. The van der Waals surface area contributed by atoms with Crippen molar-refractivity contribution in [2.45, 2.75) is 22.8 Å². The maximum absolute atomic E-state index is 15.2. The molecule has 0 aliphatic rings. The van der Waals surface area contributed by atoms with Crippen molar-refractivity contribution in [2.24, 2.45) is 0 Å². The fourth-order valence-corrected chi connectivity index (χ4v) is 7.90. The Morgan fingerprint density at radius 3 is 2.62 bits per heavy atom. The molecule has 13 heteroatoms. The summed E-state index contributed by atoms with van der Waals surface area (Å²) in [7, 11) is -1.39. The van der Waals surface area contributed by atoms with Crippen molar-refractivity contribution in [2.75, 3.05) is 14.2 Å². The normalized spacial score (nSPS) is 13.4. The van der Waals surface area contributed by atoms with Gasteiger partial charge >= 0.3 is 13.6 Å². The van der Waals surface area contributed by atoms with Crippen LogP contribution in [0.2, 0.25) is 0 Å². The molecule has 3 aromatic carbocycles. The van der Waals surface area contributed by atoms with E-state index in [1.54, 1.807) is 56.7 Å². The van der Waals surface area contributed by atoms with E-state index < -0.39 is 19.7 Å². The van der Waals surface area contributed by atoms with Crippen LogP contribution in [-0.2, 0) is 14.1 Å². The van der Waals surface area contributed by atoms with Crippen LogP contribution in [0.1, 0.15) is 28.7 Å². The molecule has 6 aromatic rings. The summed E-state index contributed by atoms with van der Waals surface area (Å²) in [6.07, 6.45) is 7.05. The molecule has 238 valence electrons. The first kappa shape index (κ1) is 31.8. The van der Waals surface area contributed by atoms with Crippen LogP contribution in [-0.4, -0.2) is 51.6 Å². The number of hydrogen-bond donors (Lipinski definition) is 3. The van der Waals surface area contributed by atoms with E-state index in [1.165, 1.54) is 23.3 Å². The SMILES string of the molecule is CNC(=O)c1ccccc1Sc1ccc2c(/C=C/c3ccccn3)nn(P(=O)(N[C@@H](C)C(=O)OC)Oc3cccc4[nH]ccc34)c2c1. The highest BCUT2D eigenvalue weighted by Gasteiger charge is 2.36. The summed E-state index contributed by atoms with van der Waals surface area (Å²) >= 11 is 1.38. The second-order valence-electron chi connectivity index (χ2n) is 10.4. The maximum atomic E-state index is 15.2. The molecule has 2 atom stereocenters. The molecule has 47 heavy (non-hydrogen) atoms. The third-order valence-electron chi connectivity index (χ3n) is 7.29. The standard InChI is InChI=1S/C34H31N6O5PS/c1-22(34(42)44-3)39-46(43,45-31-12-8-11-28-26(31)18-20-37-28)40-30-21-24(47-32-13-5-4-10-27(32)33(41)35-2)15-16-25(30)29(38-40)17-14-23-9-6-7-19-36-23/h4-22,37H,1-3H3,(H,35,41)(H,39,43)/b17-14+/t22-,46?/m0/s1. The van der Waals surface area contributed by atoms with Crippen LogP contribution in [0.4, 0.5) is 0 Å². The van der Waals surface area contributed by atoms with Gasteiger partial charge in [-0.25, -0.2) is 9.65 Å². The number of rotatable bonds is 11. The third-order valence-corrected chi connectivity index (χ3v) is 10.3. The van der Waals surface area contributed by atoms with Crippen molar-refractivity contribution < 1.29 is 23.4 Å². The minimum Gasteiger partial charge on any atom is -0.468 e. The summed E-state index contributed by atoms with van der Waals surface area (Å²) in [5, 5.41) is 11.8. The highest BCUT2D eigenvalue weighted by Crippen LogP contribution is 2.49. The molecule has 11 nitrogen and oxygen atoms in total. The molecule has 0 saturated carbocycles. The number of pyridine rings is 1. The predicted molar refractivity (Wildman–Crippen MR) is 183 cm³/mol. The number of aromatic nitrogens is 4. The van der Waals surface area contributed by atoms with Crippen LogP contribution >= 0.6 is 19.4 Å². The molecular formula is C34H31N6O5PS. The van der Waals surface area contributed by atoms with Crippen LogP contribution < -0.4 is 14.9 Å². The lowest BCUT2D eigenvalue weighted by Gasteiger charge is -2.24. The van der Waals surface area contributed by atoms with E-state index >= 15 is 4.57 Å². The van der Waals surface area contributed by atoms with E-state index in [0.717, 1.165) is 15.3 Å². The molecule has 1 amide bonds. The molecule has 0 saturated heterocycles. The van der Waals surface area contributed by atoms with Gasteiger partial charge < -0.3 is 19.6 Å². The van der Waals surface area contributed by atoms with Crippen molar-refractivity contribution >= 4 is 65.3 Å². The summed E-state index contributed by atoms with van der Waals surface area (Å²) in [6.45, 7) is 1.54. The summed E-state index contributed by atoms with van der Waals surface area (Å²) < 4.78 is 27.8. The fourth-order valence-electron chi connectivity index (χ4n) is 5.00. The molecular weight excluding hydrogens is 635 g/mol. The molecule has 0 radical (unpaired) electrons. The van der Waals surface area contributed by atoms with E-state index in [9.17, 15) is 9.59 Å². The van der Waals surface area contributed by atoms with Gasteiger partial charge in [0.15, 0.2) is 0 Å². The van der Waals surface area contributed by atoms with Crippen LogP contribution in [0.25, 0.3) is 34.0 Å². The Labute approximate surface area is 274 Å². The highest BCUT2D eigenvalue weighted by molar-refractivity contribution is 7.99. The number of nitrogens with one attached hydrogen (secondary N) is 3. The number of hydrogen-bond acceptors (Lipinski definition) is 8. The average molecular weight is 667 g/mol. The summed E-state index contributed by atoms with van der Waals surface area (Å²) in [4.78, 5) is 34.2. The molecule has 0 spiro atoms. The van der Waals surface area contributed by atoms with Gasteiger partial charge in [0, 0.05) is 45.5 Å². The molecule has 0 fully saturated rings. The predicted octanol–water partition coefficient (Wildman–Crippen LogP) is 6.78. The first-order chi connectivity index (χ1) is 22.8. The van der Waals surface area contributed by atoms with Crippen molar-refractivity contribution in [3.63, 3.8) is 0 Å². The van der Waals surface area contributed by atoms with Gasteiger partial charge in [-0.15, -0.1) is 0 Å². The molecule has 6 rings (SSSR count). The minimum absolute atomic E-state index is 0.209. The molecule has 3 N–H and O–H groups in total. The molecule has 0 aliphatic carbocycles. The van der Waals surface area contributed by atoms with Gasteiger partial charge in [-0.3, -0.25) is 14.6 Å². The smallest absolute Gasteiger partial charge is 0.440 e. The van der Waals surface area contributed by atoms with Crippen LogP contribution in [0.5, 0.6) is 5.75 Å². The lowest BCUT2D eigenvalue weighted by atomic mass is 10.2. The lowest BCUT2D eigenvalue weighted by molar-refractivity contribution is -0.142. The fraction of sp³-hybridized carbons (Fsp3) is 0.118. The molecule has 0 bridgehead atoms. The van der Waals surface area contributed by atoms with Crippen molar-refractivity contribution in [3.8, 4) is 5.75 Å². The Hall–Kier alpha value is -5.16. The Kier molecular flexibility index (Phi) is 9.26. The number of fused-ring (bicyclic) bond motifs is 2. The van der Waals surface area contributed by atoms with Gasteiger partial charge in [0.2, 0.25) is 0 Å². The zero-order valence-corrected chi connectivity index (χ0v) is 27.4. The second kappa shape index (κ2) is 13.7. The minimum atomic E-state index is -4.23. The number of methoxy groups -OCH3 is 1. The Balaban J connectivity index is 1.52.